The molecular formula is C32H42O4. The molecule has 2 aromatic rings. The lowest BCUT2D eigenvalue weighted by atomic mass is 9.86. The zero-order valence-electron chi connectivity index (χ0n) is 23.2. The number of ether oxygens (including phenoxy) is 2. The van der Waals surface area contributed by atoms with Crippen LogP contribution in [-0.2, 0) is 42.7 Å². The summed E-state index contributed by atoms with van der Waals surface area (Å²) in [5, 5.41) is 0. The molecule has 0 fully saturated rings. The van der Waals surface area contributed by atoms with Crippen molar-refractivity contribution >= 4 is 11.9 Å². The van der Waals surface area contributed by atoms with E-state index in [0.29, 0.717) is 12.8 Å². The van der Waals surface area contributed by atoms with E-state index in [1.165, 1.54) is 23.7 Å². The molecule has 0 radical (unpaired) electrons. The number of hydrogen-bond acceptors (Lipinski definition) is 4. The van der Waals surface area contributed by atoms with Crippen LogP contribution in [0.1, 0.15) is 90.5 Å². The van der Waals surface area contributed by atoms with Crippen LogP contribution in [0, 0.1) is 0 Å². The number of carbonyl (C=O) groups excluding carboxylic acids is 2. The maximum absolute atomic E-state index is 12.0. The molecule has 0 aliphatic rings. The smallest absolute Gasteiger partial charge is 0.311 e. The van der Waals surface area contributed by atoms with E-state index in [1.807, 2.05) is 13.8 Å². The van der Waals surface area contributed by atoms with Gasteiger partial charge < -0.3 is 9.47 Å². The maximum Gasteiger partial charge on any atom is 0.311 e. The van der Waals surface area contributed by atoms with Crippen molar-refractivity contribution in [3.8, 4) is 0 Å². The van der Waals surface area contributed by atoms with E-state index in [0.717, 1.165) is 22.3 Å². The van der Waals surface area contributed by atoms with Crippen molar-refractivity contribution < 1.29 is 19.1 Å². The van der Waals surface area contributed by atoms with Crippen LogP contribution in [0.15, 0.2) is 72.2 Å². The second-order valence-electron chi connectivity index (χ2n) is 11.7. The maximum atomic E-state index is 12.0. The lowest BCUT2D eigenvalue weighted by molar-refractivity contribution is -0.144. The summed E-state index contributed by atoms with van der Waals surface area (Å²) in [5.41, 5.74) is 6.98. The van der Waals surface area contributed by atoms with Crippen molar-refractivity contribution in [3.63, 3.8) is 0 Å². The van der Waals surface area contributed by atoms with E-state index in [-0.39, 0.29) is 23.7 Å². The normalized spacial score (nSPS) is 12.9. The van der Waals surface area contributed by atoms with Gasteiger partial charge in [-0.05, 0) is 70.9 Å². The first-order valence-electron chi connectivity index (χ1n) is 12.6. The van der Waals surface area contributed by atoms with Gasteiger partial charge >= 0.3 is 11.9 Å². The van der Waals surface area contributed by atoms with Crippen molar-refractivity contribution in [3.05, 3.63) is 94.5 Å². The van der Waals surface area contributed by atoms with Crippen molar-refractivity contribution in [1.29, 1.82) is 0 Å². The van der Waals surface area contributed by atoms with E-state index in [4.69, 9.17) is 9.47 Å². The van der Waals surface area contributed by atoms with Gasteiger partial charge in [-0.25, -0.2) is 0 Å². The molecule has 4 heteroatoms. The van der Waals surface area contributed by atoms with Crippen LogP contribution in [0.25, 0.3) is 0 Å². The molecule has 0 amide bonds. The van der Waals surface area contributed by atoms with Crippen molar-refractivity contribution in [2.45, 2.75) is 91.9 Å². The molecule has 36 heavy (non-hydrogen) atoms. The van der Waals surface area contributed by atoms with Crippen molar-refractivity contribution in [2.75, 3.05) is 0 Å². The predicted molar refractivity (Wildman–Crippen MR) is 147 cm³/mol. The first-order chi connectivity index (χ1) is 16.7. The summed E-state index contributed by atoms with van der Waals surface area (Å²) in [6.07, 6.45) is 4.29. The molecule has 194 valence electrons. The third kappa shape index (κ3) is 10.2. The van der Waals surface area contributed by atoms with Gasteiger partial charge in [0.15, 0.2) is 0 Å². The molecule has 0 unspecified atom stereocenters. The molecule has 2 aromatic carbocycles. The van der Waals surface area contributed by atoms with E-state index in [2.05, 4.69) is 90.1 Å². The minimum Gasteiger partial charge on any atom is -0.435 e. The minimum absolute atomic E-state index is 0.0238. The van der Waals surface area contributed by atoms with Crippen LogP contribution in [0.2, 0.25) is 0 Å². The Morgan fingerprint density at radius 1 is 0.611 bits per heavy atom. The Labute approximate surface area is 217 Å². The number of benzene rings is 2. The lowest BCUT2D eigenvalue weighted by Gasteiger charge is -2.19. The second kappa shape index (κ2) is 12.7. The summed E-state index contributed by atoms with van der Waals surface area (Å²) in [7, 11) is 0. The predicted octanol–water partition coefficient (Wildman–Crippen LogP) is 7.74. The molecule has 0 saturated carbocycles. The molecule has 0 aliphatic carbocycles. The molecule has 0 N–H and O–H groups in total. The van der Waals surface area contributed by atoms with Crippen LogP contribution in [0.3, 0.4) is 0 Å². The number of carbonyl (C=O) groups is 2. The third-order valence-electron chi connectivity index (χ3n) is 5.92. The first-order valence-corrected chi connectivity index (χ1v) is 12.6. The van der Waals surface area contributed by atoms with Gasteiger partial charge in [0.2, 0.25) is 0 Å². The lowest BCUT2D eigenvalue weighted by Crippen LogP contribution is -2.10. The van der Waals surface area contributed by atoms with Crippen LogP contribution in [0.4, 0.5) is 0 Å². The quantitative estimate of drug-likeness (QED) is 0.266. The molecular weight excluding hydrogens is 448 g/mol. The van der Waals surface area contributed by atoms with Crippen LogP contribution < -0.4 is 0 Å². The Kier molecular flexibility index (Phi) is 10.3. The molecule has 0 spiro atoms. The van der Waals surface area contributed by atoms with Gasteiger partial charge in [0.1, 0.15) is 0 Å². The molecule has 0 saturated heterocycles. The molecule has 0 atom stereocenters. The van der Waals surface area contributed by atoms with Gasteiger partial charge in [0.05, 0.1) is 25.4 Å². The second-order valence-corrected chi connectivity index (χ2v) is 11.7. The SMILES string of the molecule is CC(=COC(=O)CCC(=O)OC=C(C)Cc1ccc(C(C)(C)C)cc1)Cc1ccc(C(C)(C)C)cc1. The molecule has 2 rings (SSSR count). The van der Waals surface area contributed by atoms with Gasteiger partial charge in [-0.15, -0.1) is 0 Å². The van der Waals surface area contributed by atoms with E-state index in [9.17, 15) is 9.59 Å². The zero-order chi connectivity index (χ0) is 26.9. The molecule has 0 heterocycles. The van der Waals surface area contributed by atoms with Gasteiger partial charge in [-0.3, -0.25) is 9.59 Å². The Balaban J connectivity index is 1.74. The summed E-state index contributed by atoms with van der Waals surface area (Å²) in [4.78, 5) is 24.1. The van der Waals surface area contributed by atoms with E-state index in [1.54, 1.807) is 0 Å². The highest BCUT2D eigenvalue weighted by molar-refractivity contribution is 5.78. The number of esters is 2. The van der Waals surface area contributed by atoms with E-state index < -0.39 is 11.9 Å². The number of allylic oxidation sites excluding steroid dienone is 2. The van der Waals surface area contributed by atoms with Crippen molar-refractivity contribution in [2.24, 2.45) is 0 Å². The summed E-state index contributed by atoms with van der Waals surface area (Å²) in [6, 6.07) is 17.0. The molecule has 4 nitrogen and oxygen atoms in total. The average molecular weight is 491 g/mol. The number of hydrogen-bond donors (Lipinski definition) is 0. The summed E-state index contributed by atoms with van der Waals surface area (Å²) in [6.45, 7) is 17.0. The summed E-state index contributed by atoms with van der Waals surface area (Å²) < 4.78 is 10.4. The molecule has 0 aliphatic heterocycles. The van der Waals surface area contributed by atoms with Gasteiger partial charge in [0, 0.05) is 0 Å². The zero-order valence-corrected chi connectivity index (χ0v) is 23.2. The Hall–Kier alpha value is -3.14. The molecule has 0 aromatic heterocycles. The Morgan fingerprint density at radius 2 is 0.917 bits per heavy atom. The monoisotopic (exact) mass is 490 g/mol. The highest BCUT2D eigenvalue weighted by atomic mass is 16.5. The van der Waals surface area contributed by atoms with Crippen LogP contribution in [0.5, 0.6) is 0 Å². The van der Waals surface area contributed by atoms with Gasteiger partial charge in [-0.1, -0.05) is 90.1 Å². The Morgan fingerprint density at radius 3 is 1.19 bits per heavy atom. The van der Waals surface area contributed by atoms with Crippen LogP contribution >= 0.6 is 0 Å². The average Bonchev–Trinajstić information content (AvgIpc) is 2.79. The number of rotatable bonds is 9. The van der Waals surface area contributed by atoms with Gasteiger partial charge in [-0.2, -0.15) is 0 Å². The first kappa shape index (κ1) is 29.1. The van der Waals surface area contributed by atoms with Gasteiger partial charge in [0.25, 0.3) is 0 Å². The fraction of sp³-hybridized carbons (Fsp3) is 0.438. The Bertz CT molecular complexity index is 983. The highest BCUT2D eigenvalue weighted by Crippen LogP contribution is 2.24. The van der Waals surface area contributed by atoms with E-state index >= 15 is 0 Å². The van der Waals surface area contributed by atoms with Crippen molar-refractivity contribution in [1.82, 2.24) is 0 Å². The largest absolute Gasteiger partial charge is 0.435 e. The summed E-state index contributed by atoms with van der Waals surface area (Å²) >= 11 is 0. The topological polar surface area (TPSA) is 52.6 Å². The van der Waals surface area contributed by atoms with Crippen LogP contribution in [-0.4, -0.2) is 11.9 Å². The minimum atomic E-state index is -0.450. The molecule has 0 bridgehead atoms. The fourth-order valence-electron chi connectivity index (χ4n) is 3.63. The standard InChI is InChI=1S/C32H42O4/c1-23(19-25-9-13-27(14-10-25)31(3,4)5)21-35-29(33)17-18-30(34)36-22-24(2)20-26-11-15-28(16-12-26)32(6,7)8/h9-16,21-22H,17-20H2,1-8H3. The third-order valence-corrected chi connectivity index (χ3v) is 5.92. The fourth-order valence-corrected chi connectivity index (χ4v) is 3.63. The summed E-state index contributed by atoms with van der Waals surface area (Å²) in [5.74, 6) is -0.900. The highest BCUT2D eigenvalue weighted by Gasteiger charge is 2.14.